The molecule has 0 N–H and O–H groups in total. The van der Waals surface area contributed by atoms with Gasteiger partial charge >= 0.3 is 0 Å². The molecule has 2 aliphatic rings. The first-order valence-electron chi connectivity index (χ1n) is 25.2. The maximum Gasteiger partial charge on any atom is 0.0486 e. The summed E-state index contributed by atoms with van der Waals surface area (Å²) >= 11 is 0. The van der Waals surface area contributed by atoms with E-state index in [0.29, 0.717) is 51.9 Å². The number of hydrogen-bond donors (Lipinski definition) is 0. The highest BCUT2D eigenvalue weighted by atomic mass is 15.1. The van der Waals surface area contributed by atoms with Crippen LogP contribution in [-0.4, -0.2) is 55.9 Å². The summed E-state index contributed by atoms with van der Waals surface area (Å²) in [6.45, 7) is -11.0. The third-order valence-electron chi connectivity index (χ3n) is 9.41. The molecule has 0 unspecified atom stereocenters. The van der Waals surface area contributed by atoms with Crippen molar-refractivity contribution >= 4 is 21.8 Å². The number of benzene rings is 2. The second-order valence-corrected chi connectivity index (χ2v) is 12.6. The zero-order valence-electron chi connectivity index (χ0n) is 44.7. The van der Waals surface area contributed by atoms with Gasteiger partial charge in [-0.1, -0.05) is 35.4 Å². The number of likely N-dealkylation sites (N-methyl/N-ethyl adjacent to an activating group) is 2. The predicted octanol–water partition coefficient (Wildman–Crippen LogP) is 7.77. The molecule has 2 aromatic carbocycles. The maximum atomic E-state index is 7.79. The SMILES string of the molecule is [2H]C([2H])([2H])c1ccc2c(c1)c1c(n2CCc2ccc(C([2H])([2H])[2H])nc2)CCN(C([2H])([2H])[2H])C1.[2H]C([2H])([2H])c1ccc2c(c1)c1c(n2CCc2ccc(C([2H])([2H])[2H])nc2)CCN(C([2H])([2H])[2H])C1. The molecule has 248 valence electrons. The van der Waals surface area contributed by atoms with Crippen molar-refractivity contribution in [2.45, 2.75) is 79.3 Å². The molecule has 0 fully saturated rings. The Balaban J connectivity index is 0.000000196. The summed E-state index contributed by atoms with van der Waals surface area (Å²) in [5.74, 6) is 0. The summed E-state index contributed by atoms with van der Waals surface area (Å²) < 4.78 is 142. The third kappa shape index (κ3) is 6.69. The molecule has 6 aromatic rings. The highest BCUT2D eigenvalue weighted by Crippen LogP contribution is 2.33. The van der Waals surface area contributed by atoms with E-state index in [1.165, 1.54) is 21.9 Å². The van der Waals surface area contributed by atoms with E-state index in [4.69, 9.17) is 24.7 Å². The molecule has 48 heavy (non-hydrogen) atoms. The van der Waals surface area contributed by atoms with Gasteiger partial charge in [-0.05, 0) is 113 Å². The van der Waals surface area contributed by atoms with Crippen LogP contribution in [0.2, 0.25) is 0 Å². The normalized spacial score (nSPS) is 22.1. The molecule has 0 radical (unpaired) electrons. The van der Waals surface area contributed by atoms with Crippen LogP contribution in [0.5, 0.6) is 0 Å². The Bertz CT molecular complexity index is 2500. The van der Waals surface area contributed by atoms with Crippen LogP contribution in [-0.2, 0) is 51.9 Å². The van der Waals surface area contributed by atoms with Crippen molar-refractivity contribution in [2.75, 3.05) is 27.0 Å². The molecule has 6 nitrogen and oxygen atoms in total. The van der Waals surface area contributed by atoms with Crippen molar-refractivity contribution in [3.63, 3.8) is 0 Å². The Morgan fingerprint density at radius 2 is 1.10 bits per heavy atom. The topological polar surface area (TPSA) is 42.1 Å². The Hall–Kier alpha value is -4.26. The second-order valence-electron chi connectivity index (χ2n) is 12.6. The van der Waals surface area contributed by atoms with Crippen LogP contribution in [0.15, 0.2) is 73.1 Å². The Morgan fingerprint density at radius 1 is 0.604 bits per heavy atom. The number of aryl methyl sites for hydroxylation is 8. The Labute approximate surface area is 311 Å². The minimum Gasteiger partial charge on any atom is -0.344 e. The highest BCUT2D eigenvalue weighted by Gasteiger charge is 2.23. The van der Waals surface area contributed by atoms with Gasteiger partial charge in [0, 0.05) is 134 Å². The van der Waals surface area contributed by atoms with Crippen LogP contribution in [0.4, 0.5) is 0 Å². The second kappa shape index (κ2) is 13.7. The summed E-state index contributed by atoms with van der Waals surface area (Å²) in [4.78, 5) is 11.0. The standard InChI is InChI=1S/2C21H25N3/c2*1-15-4-7-20-18(12-15)19-14-23(3)10-9-21(19)24(20)11-8-17-6-5-16(2)22-13-17/h2*4-7,12-13H,8-11,14H2,1-3H3/i2*1D3,2D3,3D3. The first-order valence-corrected chi connectivity index (χ1v) is 16.2. The summed E-state index contributed by atoms with van der Waals surface area (Å²) in [6, 6.07) is 16.7. The predicted molar refractivity (Wildman–Crippen MR) is 199 cm³/mol. The monoisotopic (exact) mass is 657 g/mol. The number of nitrogens with zero attached hydrogens (tertiary/aromatic N) is 6. The van der Waals surface area contributed by atoms with E-state index in [1.54, 1.807) is 60.9 Å². The van der Waals surface area contributed by atoms with Crippen molar-refractivity contribution in [3.8, 4) is 0 Å². The van der Waals surface area contributed by atoms with Gasteiger partial charge in [0.05, 0.1) is 0 Å². The van der Waals surface area contributed by atoms with E-state index in [-0.39, 0.29) is 35.6 Å². The quantitative estimate of drug-likeness (QED) is 0.184. The lowest BCUT2D eigenvalue weighted by Gasteiger charge is -2.24. The molecular formula is C42H50N6. The smallest absolute Gasteiger partial charge is 0.0486 e. The average Bonchev–Trinajstić information content (AvgIpc) is 3.71. The molecule has 2 aliphatic heterocycles. The molecule has 0 bridgehead atoms. The molecular weight excluding hydrogens is 589 g/mol. The zero-order valence-corrected chi connectivity index (χ0v) is 26.7. The van der Waals surface area contributed by atoms with Gasteiger partial charge in [0.2, 0.25) is 0 Å². The number of pyridine rings is 2. The number of hydrogen-bond acceptors (Lipinski definition) is 4. The van der Waals surface area contributed by atoms with Gasteiger partial charge in [0.25, 0.3) is 0 Å². The zero-order chi connectivity index (χ0) is 48.4. The van der Waals surface area contributed by atoms with Gasteiger partial charge in [0.15, 0.2) is 0 Å². The molecule has 6 heteroatoms. The molecule has 0 amide bonds. The van der Waals surface area contributed by atoms with Gasteiger partial charge < -0.3 is 18.9 Å². The lowest BCUT2D eigenvalue weighted by Crippen LogP contribution is -2.27. The third-order valence-corrected chi connectivity index (χ3v) is 9.41. The van der Waals surface area contributed by atoms with Gasteiger partial charge in [-0.3, -0.25) is 9.97 Å². The van der Waals surface area contributed by atoms with E-state index in [0.717, 1.165) is 55.4 Å². The molecule has 6 heterocycles. The summed E-state index contributed by atoms with van der Waals surface area (Å²) in [7, 11) is 0. The fraction of sp³-hybridized carbons (Fsp3) is 0.381. The molecule has 0 spiro atoms. The van der Waals surface area contributed by atoms with E-state index >= 15 is 0 Å². The first-order chi connectivity index (χ1) is 30.5. The molecule has 0 saturated heterocycles. The number of aromatic nitrogens is 4. The van der Waals surface area contributed by atoms with Crippen molar-refractivity contribution in [1.82, 2.24) is 28.9 Å². The van der Waals surface area contributed by atoms with Crippen molar-refractivity contribution in [1.29, 1.82) is 0 Å². The van der Waals surface area contributed by atoms with E-state index in [9.17, 15) is 0 Å². The van der Waals surface area contributed by atoms with Gasteiger partial charge in [-0.2, -0.15) is 0 Å². The van der Waals surface area contributed by atoms with Crippen molar-refractivity contribution < 1.29 is 24.7 Å². The maximum absolute atomic E-state index is 7.79. The molecule has 0 saturated carbocycles. The van der Waals surface area contributed by atoms with Gasteiger partial charge in [-0.25, -0.2) is 0 Å². The molecule has 8 rings (SSSR count). The van der Waals surface area contributed by atoms with Crippen LogP contribution in [0.25, 0.3) is 21.8 Å². The number of fused-ring (bicyclic) bond motifs is 6. The van der Waals surface area contributed by atoms with Crippen LogP contribution < -0.4 is 0 Å². The first kappa shape index (κ1) is 17.4. The van der Waals surface area contributed by atoms with E-state index < -0.39 is 41.4 Å². The van der Waals surface area contributed by atoms with E-state index in [2.05, 4.69) is 19.1 Å². The molecule has 0 atom stereocenters. The summed E-state index contributed by atoms with van der Waals surface area (Å²) in [6.07, 6.45) is 5.44. The Kier molecular flexibility index (Phi) is 4.97. The lowest BCUT2D eigenvalue weighted by molar-refractivity contribution is 0.309. The van der Waals surface area contributed by atoms with Gasteiger partial charge in [0.1, 0.15) is 0 Å². The lowest BCUT2D eigenvalue weighted by atomic mass is 10.0. The van der Waals surface area contributed by atoms with Crippen molar-refractivity contribution in [2.24, 2.45) is 0 Å². The van der Waals surface area contributed by atoms with Crippen LogP contribution in [0, 0.1) is 27.4 Å². The minimum atomic E-state index is -2.25. The fourth-order valence-corrected chi connectivity index (χ4v) is 7.04. The molecule has 0 aliphatic carbocycles. The van der Waals surface area contributed by atoms with Crippen LogP contribution in [0.3, 0.4) is 0 Å². The van der Waals surface area contributed by atoms with Crippen LogP contribution >= 0.6 is 0 Å². The summed E-state index contributed by atoms with van der Waals surface area (Å²) in [5, 5.41) is 1.53. The average molecular weight is 657 g/mol. The fourth-order valence-electron chi connectivity index (χ4n) is 7.04. The largest absolute Gasteiger partial charge is 0.344 e. The summed E-state index contributed by atoms with van der Waals surface area (Å²) in [5.41, 5.74) is 7.81. The number of rotatable bonds is 6. The minimum absolute atomic E-state index is 0.0528. The Morgan fingerprint density at radius 3 is 1.50 bits per heavy atom. The van der Waals surface area contributed by atoms with E-state index in [1.807, 2.05) is 0 Å². The van der Waals surface area contributed by atoms with Crippen molar-refractivity contribution in [3.05, 3.63) is 129 Å². The highest BCUT2D eigenvalue weighted by molar-refractivity contribution is 5.87. The van der Waals surface area contributed by atoms with Crippen LogP contribution in [0.1, 0.15) is 80.8 Å². The molecule has 4 aromatic heterocycles. The van der Waals surface area contributed by atoms with Gasteiger partial charge in [-0.15, -0.1) is 0 Å².